The van der Waals surface area contributed by atoms with E-state index >= 15 is 0 Å². The quantitative estimate of drug-likeness (QED) is 0.879. The number of amides is 1. The average Bonchev–Trinajstić information content (AvgIpc) is 2.37. The normalized spacial score (nSPS) is 18.1. The first kappa shape index (κ1) is 14.8. The molecule has 0 aliphatic carbocycles. The number of aliphatic imine (C=N–C) groups is 1. The number of carbonyl (C=O) groups excluding carboxylic acids is 1. The van der Waals surface area contributed by atoms with Crippen LogP contribution in [0.1, 0.15) is 51.2 Å². The highest BCUT2D eigenvalue weighted by Crippen LogP contribution is 2.30. The van der Waals surface area contributed by atoms with Crippen LogP contribution >= 0.6 is 0 Å². The molecule has 0 spiro atoms. The zero-order valence-corrected chi connectivity index (χ0v) is 12.6. The molecule has 0 aromatic heterocycles. The molecule has 1 aliphatic rings. The number of nitrogens with zero attached hydrogens (tertiary/aromatic N) is 1. The number of hydrogen-bond acceptors (Lipinski definition) is 2. The fourth-order valence-electron chi connectivity index (χ4n) is 2.90. The summed E-state index contributed by atoms with van der Waals surface area (Å²) in [5, 5.41) is 0. The van der Waals surface area contributed by atoms with E-state index in [1.807, 2.05) is 12.1 Å². The Hall–Kier alpha value is -1.64. The van der Waals surface area contributed by atoms with Crippen LogP contribution in [0.3, 0.4) is 0 Å². The van der Waals surface area contributed by atoms with Crippen LogP contribution in [0.25, 0.3) is 0 Å². The van der Waals surface area contributed by atoms with E-state index in [1.165, 1.54) is 5.56 Å². The third-order valence-electron chi connectivity index (χ3n) is 3.86. The van der Waals surface area contributed by atoms with Crippen LogP contribution in [0.15, 0.2) is 29.3 Å². The number of primary amides is 1. The monoisotopic (exact) mass is 272 g/mol. The molecule has 0 saturated heterocycles. The maximum Gasteiger partial charge on any atom is 0.226 e. The zero-order chi connectivity index (χ0) is 14.8. The van der Waals surface area contributed by atoms with Crippen molar-refractivity contribution >= 4 is 11.6 Å². The molecule has 1 aromatic rings. The predicted molar refractivity (Wildman–Crippen MR) is 83.0 cm³/mol. The Morgan fingerprint density at radius 3 is 2.75 bits per heavy atom. The van der Waals surface area contributed by atoms with Gasteiger partial charge in [-0.15, -0.1) is 0 Å². The van der Waals surface area contributed by atoms with Gasteiger partial charge in [-0.2, -0.15) is 0 Å². The summed E-state index contributed by atoms with van der Waals surface area (Å²) in [5.41, 5.74) is 8.73. The lowest BCUT2D eigenvalue weighted by Crippen LogP contribution is -2.37. The molecular formula is C17H24N2O. The van der Waals surface area contributed by atoms with Crippen molar-refractivity contribution in [2.45, 2.75) is 52.0 Å². The van der Waals surface area contributed by atoms with Gasteiger partial charge in [0, 0.05) is 0 Å². The molecule has 1 atom stereocenters. The van der Waals surface area contributed by atoms with Crippen molar-refractivity contribution in [3.8, 4) is 0 Å². The van der Waals surface area contributed by atoms with E-state index in [1.54, 1.807) is 0 Å². The number of fused-ring (bicyclic) bond motifs is 1. The number of unbranched alkanes of at least 4 members (excludes halogenated alkanes) is 1. The highest BCUT2D eigenvalue weighted by molar-refractivity contribution is 6.14. The van der Waals surface area contributed by atoms with Crippen molar-refractivity contribution in [2.75, 3.05) is 0 Å². The maximum atomic E-state index is 11.9. The van der Waals surface area contributed by atoms with Crippen molar-refractivity contribution in [1.29, 1.82) is 0 Å². The molecule has 0 radical (unpaired) electrons. The number of nitrogens with two attached hydrogens (primary N) is 1. The molecule has 2 rings (SSSR count). The van der Waals surface area contributed by atoms with E-state index in [2.05, 4.69) is 32.9 Å². The lowest BCUT2D eigenvalue weighted by molar-refractivity contribution is -0.120. The minimum atomic E-state index is -0.268. The summed E-state index contributed by atoms with van der Waals surface area (Å²) in [4.78, 5) is 16.7. The molecule has 0 fully saturated rings. The fourth-order valence-corrected chi connectivity index (χ4v) is 2.90. The second-order valence-electron chi connectivity index (χ2n) is 6.24. The van der Waals surface area contributed by atoms with Crippen LogP contribution in [0.5, 0.6) is 0 Å². The van der Waals surface area contributed by atoms with Crippen LogP contribution in [-0.4, -0.2) is 17.2 Å². The van der Waals surface area contributed by atoms with Crippen molar-refractivity contribution < 1.29 is 4.79 Å². The fraction of sp³-hybridized carbons (Fsp3) is 0.529. The molecular weight excluding hydrogens is 248 g/mol. The van der Waals surface area contributed by atoms with Gasteiger partial charge in [-0.3, -0.25) is 9.79 Å². The van der Waals surface area contributed by atoms with Crippen molar-refractivity contribution in [3.63, 3.8) is 0 Å². The van der Waals surface area contributed by atoms with Gasteiger partial charge in [-0.05, 0) is 37.8 Å². The van der Waals surface area contributed by atoms with Gasteiger partial charge in [-0.1, -0.05) is 44.0 Å². The van der Waals surface area contributed by atoms with Gasteiger partial charge in [0.05, 0.1) is 17.2 Å². The summed E-state index contributed by atoms with van der Waals surface area (Å²) in [6.45, 7) is 6.35. The molecule has 3 heteroatoms. The van der Waals surface area contributed by atoms with Gasteiger partial charge in [-0.25, -0.2) is 0 Å². The van der Waals surface area contributed by atoms with Gasteiger partial charge in [0.15, 0.2) is 0 Å². The third kappa shape index (κ3) is 3.09. The molecule has 0 saturated carbocycles. The molecule has 3 nitrogen and oxygen atoms in total. The number of benzene rings is 1. The number of rotatable bonds is 5. The maximum absolute atomic E-state index is 11.9. The highest BCUT2D eigenvalue weighted by atomic mass is 16.1. The number of carbonyl (C=O) groups is 1. The van der Waals surface area contributed by atoms with E-state index in [4.69, 9.17) is 10.7 Å². The van der Waals surface area contributed by atoms with E-state index in [0.717, 1.165) is 37.0 Å². The largest absolute Gasteiger partial charge is 0.369 e. The van der Waals surface area contributed by atoms with Crippen LogP contribution in [0.2, 0.25) is 0 Å². The van der Waals surface area contributed by atoms with Crippen molar-refractivity contribution in [2.24, 2.45) is 16.6 Å². The van der Waals surface area contributed by atoms with Crippen LogP contribution < -0.4 is 5.73 Å². The van der Waals surface area contributed by atoms with Crippen LogP contribution in [0, 0.1) is 5.92 Å². The number of hydrogen-bond donors (Lipinski definition) is 1. The SMILES string of the molecule is CCCC[C@@H](C(N)=O)C1=NC(C)(C)Cc2ccccc21. The first-order valence-corrected chi connectivity index (χ1v) is 7.42. The molecule has 0 bridgehead atoms. The summed E-state index contributed by atoms with van der Waals surface area (Å²) in [7, 11) is 0. The topological polar surface area (TPSA) is 55.5 Å². The highest BCUT2D eigenvalue weighted by Gasteiger charge is 2.32. The van der Waals surface area contributed by atoms with E-state index in [0.29, 0.717) is 0 Å². The molecule has 1 amide bonds. The first-order chi connectivity index (χ1) is 9.44. The van der Waals surface area contributed by atoms with E-state index in [-0.39, 0.29) is 17.4 Å². The first-order valence-electron chi connectivity index (χ1n) is 7.42. The smallest absolute Gasteiger partial charge is 0.226 e. The Morgan fingerprint density at radius 2 is 2.10 bits per heavy atom. The van der Waals surface area contributed by atoms with Gasteiger partial charge < -0.3 is 5.73 Å². The van der Waals surface area contributed by atoms with Crippen LogP contribution in [0.4, 0.5) is 0 Å². The summed E-state index contributed by atoms with van der Waals surface area (Å²) in [6.07, 6.45) is 3.75. The predicted octanol–water partition coefficient (Wildman–Crippen LogP) is 3.10. The summed E-state index contributed by atoms with van der Waals surface area (Å²) < 4.78 is 0. The lowest BCUT2D eigenvalue weighted by atomic mass is 9.81. The van der Waals surface area contributed by atoms with Gasteiger partial charge in [0.25, 0.3) is 0 Å². The summed E-state index contributed by atoms with van der Waals surface area (Å²) in [6, 6.07) is 8.24. The Bertz CT molecular complexity index is 532. The summed E-state index contributed by atoms with van der Waals surface area (Å²) >= 11 is 0. The Kier molecular flexibility index (Phi) is 4.26. The van der Waals surface area contributed by atoms with E-state index in [9.17, 15) is 4.79 Å². The molecule has 1 aromatic carbocycles. The lowest BCUT2D eigenvalue weighted by Gasteiger charge is -2.31. The molecule has 2 N–H and O–H groups in total. The van der Waals surface area contributed by atoms with Gasteiger partial charge >= 0.3 is 0 Å². The standard InChI is InChI=1S/C17H24N2O/c1-4-5-9-14(16(18)20)15-13-10-7-6-8-12(13)11-17(2,3)19-15/h6-8,10,14H,4-5,9,11H2,1-3H3,(H2,18,20)/t14-/m1/s1. The Balaban J connectivity index is 2.45. The molecule has 0 unspecified atom stereocenters. The Labute approximate surface area is 121 Å². The third-order valence-corrected chi connectivity index (χ3v) is 3.86. The van der Waals surface area contributed by atoms with E-state index < -0.39 is 0 Å². The second-order valence-corrected chi connectivity index (χ2v) is 6.24. The molecule has 1 aliphatic heterocycles. The Morgan fingerprint density at radius 1 is 1.40 bits per heavy atom. The average molecular weight is 272 g/mol. The summed E-state index contributed by atoms with van der Waals surface area (Å²) in [5.74, 6) is -0.527. The second kappa shape index (κ2) is 5.78. The van der Waals surface area contributed by atoms with Crippen molar-refractivity contribution in [1.82, 2.24) is 0 Å². The molecule has 1 heterocycles. The minimum absolute atomic E-state index is 0.163. The van der Waals surface area contributed by atoms with Gasteiger partial charge in [0.2, 0.25) is 5.91 Å². The minimum Gasteiger partial charge on any atom is -0.369 e. The van der Waals surface area contributed by atoms with Crippen molar-refractivity contribution in [3.05, 3.63) is 35.4 Å². The zero-order valence-electron chi connectivity index (χ0n) is 12.6. The molecule has 20 heavy (non-hydrogen) atoms. The molecule has 108 valence electrons. The van der Waals surface area contributed by atoms with Crippen LogP contribution in [-0.2, 0) is 11.2 Å². The van der Waals surface area contributed by atoms with Gasteiger partial charge in [0.1, 0.15) is 0 Å².